The van der Waals surface area contributed by atoms with E-state index in [0.717, 1.165) is 42.3 Å². The zero-order valence-corrected chi connectivity index (χ0v) is 12.3. The second-order valence-electron chi connectivity index (χ2n) is 5.07. The molecule has 1 atom stereocenters. The Morgan fingerprint density at radius 2 is 2.05 bits per heavy atom. The summed E-state index contributed by atoms with van der Waals surface area (Å²) in [4.78, 5) is 0. The van der Waals surface area contributed by atoms with Gasteiger partial charge in [-0.25, -0.2) is 0 Å². The van der Waals surface area contributed by atoms with Gasteiger partial charge in [0, 0.05) is 24.2 Å². The average Bonchev–Trinajstić information content (AvgIpc) is 3.19. The summed E-state index contributed by atoms with van der Waals surface area (Å²) < 4.78 is 10.6. The Labute approximate surface area is 123 Å². The smallest absolute Gasteiger partial charge is 0.161 e. The van der Waals surface area contributed by atoms with Crippen molar-refractivity contribution < 1.29 is 9.47 Å². The summed E-state index contributed by atoms with van der Waals surface area (Å²) in [5, 5.41) is 14.1. The number of nitrogens with one attached hydrogen (secondary N) is 3. The molecular formula is C15H20N4O2. The van der Waals surface area contributed by atoms with E-state index >= 15 is 0 Å². The third-order valence-corrected chi connectivity index (χ3v) is 3.68. The molecule has 6 nitrogen and oxygen atoms in total. The van der Waals surface area contributed by atoms with Crippen molar-refractivity contribution in [1.82, 2.24) is 15.5 Å². The monoisotopic (exact) mass is 288 g/mol. The quantitative estimate of drug-likeness (QED) is 0.783. The van der Waals surface area contributed by atoms with Gasteiger partial charge in [0.15, 0.2) is 11.5 Å². The molecule has 1 fully saturated rings. The van der Waals surface area contributed by atoms with E-state index in [1.807, 2.05) is 24.3 Å². The second kappa shape index (κ2) is 6.05. The lowest BCUT2D eigenvalue weighted by molar-refractivity contribution is 0.355. The molecule has 1 saturated heterocycles. The Balaban J connectivity index is 1.78. The predicted molar refractivity (Wildman–Crippen MR) is 82.0 cm³/mol. The molecule has 0 spiro atoms. The van der Waals surface area contributed by atoms with Crippen molar-refractivity contribution in [3.63, 3.8) is 0 Å². The van der Waals surface area contributed by atoms with Crippen molar-refractivity contribution in [3.05, 3.63) is 24.3 Å². The van der Waals surface area contributed by atoms with Crippen molar-refractivity contribution in [2.24, 2.45) is 0 Å². The first-order chi connectivity index (χ1) is 10.3. The highest BCUT2D eigenvalue weighted by Crippen LogP contribution is 2.32. The number of aromatic amines is 1. The van der Waals surface area contributed by atoms with Crippen molar-refractivity contribution in [3.8, 4) is 22.8 Å². The van der Waals surface area contributed by atoms with Crippen LogP contribution in [0.15, 0.2) is 24.3 Å². The van der Waals surface area contributed by atoms with E-state index in [-0.39, 0.29) is 0 Å². The van der Waals surface area contributed by atoms with Crippen LogP contribution in [-0.4, -0.2) is 43.5 Å². The van der Waals surface area contributed by atoms with E-state index in [9.17, 15) is 0 Å². The van der Waals surface area contributed by atoms with Gasteiger partial charge in [0.05, 0.1) is 19.9 Å². The topological polar surface area (TPSA) is 71.2 Å². The molecule has 1 aromatic heterocycles. The molecule has 6 heteroatoms. The number of anilines is 1. The summed E-state index contributed by atoms with van der Waals surface area (Å²) in [5.74, 6) is 2.30. The maximum absolute atomic E-state index is 5.33. The summed E-state index contributed by atoms with van der Waals surface area (Å²) in [5.41, 5.74) is 1.96. The van der Waals surface area contributed by atoms with Crippen LogP contribution in [0.25, 0.3) is 11.3 Å². The summed E-state index contributed by atoms with van der Waals surface area (Å²) in [6.45, 7) is 2.04. The van der Waals surface area contributed by atoms with Crippen LogP contribution in [0.5, 0.6) is 11.5 Å². The summed E-state index contributed by atoms with van der Waals surface area (Å²) >= 11 is 0. The van der Waals surface area contributed by atoms with Crippen molar-refractivity contribution in [2.75, 3.05) is 32.6 Å². The van der Waals surface area contributed by atoms with Gasteiger partial charge in [-0.1, -0.05) is 0 Å². The fraction of sp³-hybridized carbons (Fsp3) is 0.400. The predicted octanol–water partition coefficient (Wildman–Crippen LogP) is 1.87. The van der Waals surface area contributed by atoms with Gasteiger partial charge in [-0.3, -0.25) is 5.10 Å². The fourth-order valence-electron chi connectivity index (χ4n) is 2.53. The molecule has 112 valence electrons. The van der Waals surface area contributed by atoms with Crippen LogP contribution in [-0.2, 0) is 0 Å². The third-order valence-electron chi connectivity index (χ3n) is 3.68. The SMILES string of the molecule is COc1ccc(-c2cc(NC3CCNC3)n[nH]2)cc1OC. The van der Waals surface area contributed by atoms with Crippen LogP contribution in [0, 0.1) is 0 Å². The third kappa shape index (κ3) is 2.95. The summed E-state index contributed by atoms with van der Waals surface area (Å²) in [7, 11) is 3.26. The van der Waals surface area contributed by atoms with E-state index < -0.39 is 0 Å². The Bertz CT molecular complexity index is 605. The van der Waals surface area contributed by atoms with Gasteiger partial charge >= 0.3 is 0 Å². The number of methoxy groups -OCH3 is 2. The Kier molecular flexibility index (Phi) is 3.96. The Hall–Kier alpha value is -2.21. The van der Waals surface area contributed by atoms with Gasteiger partial charge in [0.2, 0.25) is 0 Å². The maximum atomic E-state index is 5.33. The van der Waals surface area contributed by atoms with Gasteiger partial charge in [-0.05, 0) is 31.2 Å². The molecule has 1 unspecified atom stereocenters. The summed E-state index contributed by atoms with van der Waals surface area (Å²) in [6.07, 6.45) is 1.12. The number of rotatable bonds is 5. The molecule has 2 heterocycles. The molecule has 3 N–H and O–H groups in total. The Morgan fingerprint density at radius 1 is 1.19 bits per heavy atom. The maximum Gasteiger partial charge on any atom is 0.161 e. The lowest BCUT2D eigenvalue weighted by atomic mass is 10.1. The number of hydrogen-bond acceptors (Lipinski definition) is 5. The van der Waals surface area contributed by atoms with Crippen LogP contribution in [0.3, 0.4) is 0 Å². The van der Waals surface area contributed by atoms with Gasteiger partial charge < -0.3 is 20.1 Å². The lowest BCUT2D eigenvalue weighted by Crippen LogP contribution is -2.22. The number of H-pyrrole nitrogens is 1. The zero-order valence-electron chi connectivity index (χ0n) is 12.3. The largest absolute Gasteiger partial charge is 0.493 e. The van der Waals surface area contributed by atoms with Gasteiger partial charge in [-0.15, -0.1) is 0 Å². The molecule has 1 aliphatic rings. The standard InChI is InChI=1S/C15H20N4O2/c1-20-13-4-3-10(7-14(13)21-2)12-8-15(19-18-12)17-11-5-6-16-9-11/h3-4,7-8,11,16H,5-6,9H2,1-2H3,(H2,17,18,19). The van der Waals surface area contributed by atoms with Gasteiger partial charge in [-0.2, -0.15) is 5.10 Å². The van der Waals surface area contributed by atoms with Crippen LogP contribution in [0.1, 0.15) is 6.42 Å². The van der Waals surface area contributed by atoms with Crippen LogP contribution >= 0.6 is 0 Å². The number of benzene rings is 1. The average molecular weight is 288 g/mol. The highest BCUT2D eigenvalue weighted by molar-refractivity contribution is 5.66. The van der Waals surface area contributed by atoms with E-state index in [0.29, 0.717) is 11.8 Å². The van der Waals surface area contributed by atoms with Crippen LogP contribution < -0.4 is 20.1 Å². The number of ether oxygens (including phenoxy) is 2. The molecule has 3 rings (SSSR count). The number of aromatic nitrogens is 2. The molecule has 2 aromatic rings. The first-order valence-corrected chi connectivity index (χ1v) is 7.05. The van der Waals surface area contributed by atoms with Crippen LogP contribution in [0.2, 0.25) is 0 Å². The minimum Gasteiger partial charge on any atom is -0.493 e. The minimum atomic E-state index is 0.451. The first-order valence-electron chi connectivity index (χ1n) is 7.05. The first kappa shape index (κ1) is 13.8. The molecule has 21 heavy (non-hydrogen) atoms. The van der Waals surface area contributed by atoms with E-state index in [1.54, 1.807) is 14.2 Å². The van der Waals surface area contributed by atoms with Crippen LogP contribution in [0.4, 0.5) is 5.82 Å². The lowest BCUT2D eigenvalue weighted by Gasteiger charge is -2.09. The Morgan fingerprint density at radius 3 is 2.76 bits per heavy atom. The van der Waals surface area contributed by atoms with Gasteiger partial charge in [0.1, 0.15) is 5.82 Å². The minimum absolute atomic E-state index is 0.451. The van der Waals surface area contributed by atoms with E-state index in [4.69, 9.17) is 9.47 Å². The molecule has 0 aliphatic carbocycles. The molecule has 1 aromatic carbocycles. The van der Waals surface area contributed by atoms with Crippen molar-refractivity contribution in [1.29, 1.82) is 0 Å². The molecule has 0 saturated carbocycles. The van der Waals surface area contributed by atoms with Gasteiger partial charge in [0.25, 0.3) is 0 Å². The molecule has 1 aliphatic heterocycles. The molecule has 0 bridgehead atoms. The fourth-order valence-corrected chi connectivity index (χ4v) is 2.53. The summed E-state index contributed by atoms with van der Waals surface area (Å²) in [6, 6.07) is 8.28. The molecule has 0 amide bonds. The van der Waals surface area contributed by atoms with Crippen molar-refractivity contribution in [2.45, 2.75) is 12.5 Å². The van der Waals surface area contributed by atoms with Crippen molar-refractivity contribution >= 4 is 5.82 Å². The molecule has 0 radical (unpaired) electrons. The molecular weight excluding hydrogens is 268 g/mol. The normalized spacial score (nSPS) is 17.7. The highest BCUT2D eigenvalue weighted by atomic mass is 16.5. The number of nitrogens with zero attached hydrogens (tertiary/aromatic N) is 1. The highest BCUT2D eigenvalue weighted by Gasteiger charge is 2.15. The second-order valence-corrected chi connectivity index (χ2v) is 5.07. The number of hydrogen-bond donors (Lipinski definition) is 3. The van der Waals surface area contributed by atoms with E-state index in [2.05, 4.69) is 20.8 Å². The zero-order chi connectivity index (χ0) is 14.7. The van der Waals surface area contributed by atoms with E-state index in [1.165, 1.54) is 0 Å².